The SMILES string of the molecule is CC1(C)CN(C2CC2)C(CC(=O)O)CN1. The quantitative estimate of drug-likeness (QED) is 0.722. The molecule has 2 fully saturated rings. The fourth-order valence-corrected chi connectivity index (χ4v) is 2.38. The number of hydrogen-bond acceptors (Lipinski definition) is 3. The van der Waals surface area contributed by atoms with Crippen LogP contribution in [-0.4, -0.2) is 46.7 Å². The molecular weight excluding hydrogens is 192 g/mol. The smallest absolute Gasteiger partial charge is 0.304 e. The van der Waals surface area contributed by atoms with Crippen molar-refractivity contribution < 1.29 is 9.90 Å². The molecule has 1 aliphatic carbocycles. The van der Waals surface area contributed by atoms with Crippen LogP contribution in [0.4, 0.5) is 0 Å². The van der Waals surface area contributed by atoms with Gasteiger partial charge in [-0.2, -0.15) is 0 Å². The van der Waals surface area contributed by atoms with E-state index in [-0.39, 0.29) is 18.0 Å². The second-order valence-electron chi connectivity index (χ2n) is 5.42. The third-order valence-electron chi connectivity index (χ3n) is 3.29. The van der Waals surface area contributed by atoms with Gasteiger partial charge in [-0.1, -0.05) is 0 Å². The van der Waals surface area contributed by atoms with E-state index in [4.69, 9.17) is 5.11 Å². The molecule has 0 amide bonds. The Bertz CT molecular complexity index is 261. The lowest BCUT2D eigenvalue weighted by Gasteiger charge is -2.44. The van der Waals surface area contributed by atoms with Crippen LogP contribution >= 0.6 is 0 Å². The molecule has 2 N–H and O–H groups in total. The predicted octanol–water partition coefficient (Wildman–Crippen LogP) is 0.676. The first-order valence-corrected chi connectivity index (χ1v) is 5.70. The van der Waals surface area contributed by atoms with Crippen molar-refractivity contribution in [2.24, 2.45) is 0 Å². The van der Waals surface area contributed by atoms with Crippen LogP contribution in [0, 0.1) is 0 Å². The molecule has 0 aromatic heterocycles. The third-order valence-corrected chi connectivity index (χ3v) is 3.29. The van der Waals surface area contributed by atoms with Crippen molar-refractivity contribution in [3.63, 3.8) is 0 Å². The molecule has 1 heterocycles. The highest BCUT2D eigenvalue weighted by Gasteiger charge is 2.41. The summed E-state index contributed by atoms with van der Waals surface area (Å²) in [5, 5.41) is 12.3. The van der Waals surface area contributed by atoms with Gasteiger partial charge in [0.25, 0.3) is 0 Å². The Morgan fingerprint density at radius 1 is 1.53 bits per heavy atom. The fraction of sp³-hybridized carbons (Fsp3) is 0.909. The van der Waals surface area contributed by atoms with Gasteiger partial charge in [0.05, 0.1) is 6.42 Å². The van der Waals surface area contributed by atoms with Crippen molar-refractivity contribution in [2.75, 3.05) is 13.1 Å². The minimum atomic E-state index is -0.688. The molecule has 1 saturated carbocycles. The number of carbonyl (C=O) groups is 1. The van der Waals surface area contributed by atoms with Gasteiger partial charge in [-0.3, -0.25) is 9.69 Å². The highest BCUT2D eigenvalue weighted by Crippen LogP contribution is 2.32. The Labute approximate surface area is 90.6 Å². The van der Waals surface area contributed by atoms with E-state index < -0.39 is 5.97 Å². The van der Waals surface area contributed by atoms with Crippen molar-refractivity contribution in [2.45, 2.75) is 50.7 Å². The molecule has 1 unspecified atom stereocenters. The normalized spacial score (nSPS) is 31.5. The average Bonchev–Trinajstić information content (AvgIpc) is 2.90. The van der Waals surface area contributed by atoms with E-state index in [0.717, 1.165) is 13.1 Å². The van der Waals surface area contributed by atoms with E-state index in [1.165, 1.54) is 12.8 Å². The van der Waals surface area contributed by atoms with Crippen molar-refractivity contribution in [1.82, 2.24) is 10.2 Å². The van der Waals surface area contributed by atoms with E-state index in [0.29, 0.717) is 6.04 Å². The summed E-state index contributed by atoms with van der Waals surface area (Å²) in [6, 6.07) is 0.832. The predicted molar refractivity (Wildman–Crippen MR) is 57.9 cm³/mol. The topological polar surface area (TPSA) is 52.6 Å². The van der Waals surface area contributed by atoms with E-state index >= 15 is 0 Å². The van der Waals surface area contributed by atoms with Crippen LogP contribution in [-0.2, 0) is 4.79 Å². The number of hydrogen-bond donors (Lipinski definition) is 2. The van der Waals surface area contributed by atoms with Crippen molar-refractivity contribution in [3.05, 3.63) is 0 Å². The maximum absolute atomic E-state index is 10.8. The standard InChI is InChI=1S/C11H20N2O2/c1-11(2)7-13(8-3-4-8)9(6-12-11)5-10(14)15/h8-9,12H,3-7H2,1-2H3,(H,14,15). The molecular formula is C11H20N2O2. The molecule has 2 rings (SSSR count). The first kappa shape index (κ1) is 10.9. The Hall–Kier alpha value is -0.610. The molecule has 1 saturated heterocycles. The van der Waals surface area contributed by atoms with Crippen LogP contribution < -0.4 is 5.32 Å². The molecule has 4 nitrogen and oxygen atoms in total. The summed E-state index contributed by atoms with van der Waals surface area (Å²) < 4.78 is 0. The lowest BCUT2D eigenvalue weighted by Crippen LogP contribution is -2.62. The van der Waals surface area contributed by atoms with Crippen molar-refractivity contribution in [3.8, 4) is 0 Å². The summed E-state index contributed by atoms with van der Waals surface area (Å²) in [5.74, 6) is -0.688. The number of carboxylic acids is 1. The minimum Gasteiger partial charge on any atom is -0.481 e. The largest absolute Gasteiger partial charge is 0.481 e. The van der Waals surface area contributed by atoms with Gasteiger partial charge in [-0.05, 0) is 26.7 Å². The van der Waals surface area contributed by atoms with Crippen LogP contribution in [0.3, 0.4) is 0 Å². The second-order valence-corrected chi connectivity index (χ2v) is 5.42. The van der Waals surface area contributed by atoms with Crippen LogP contribution in [0.25, 0.3) is 0 Å². The summed E-state index contributed by atoms with van der Waals surface area (Å²) in [5.41, 5.74) is 0.123. The molecule has 1 atom stereocenters. The molecule has 4 heteroatoms. The lowest BCUT2D eigenvalue weighted by atomic mass is 9.97. The van der Waals surface area contributed by atoms with Gasteiger partial charge in [0.2, 0.25) is 0 Å². The van der Waals surface area contributed by atoms with Crippen LogP contribution in [0.5, 0.6) is 0 Å². The Kier molecular flexibility index (Phi) is 2.73. The van der Waals surface area contributed by atoms with Gasteiger partial charge in [-0.25, -0.2) is 0 Å². The number of piperazine rings is 1. The average molecular weight is 212 g/mol. The number of nitrogens with zero attached hydrogens (tertiary/aromatic N) is 1. The molecule has 2 aliphatic rings. The zero-order valence-corrected chi connectivity index (χ0v) is 9.49. The van der Waals surface area contributed by atoms with Gasteiger partial charge < -0.3 is 10.4 Å². The maximum atomic E-state index is 10.8. The van der Waals surface area contributed by atoms with Crippen molar-refractivity contribution in [1.29, 1.82) is 0 Å². The van der Waals surface area contributed by atoms with Crippen LogP contribution in [0.15, 0.2) is 0 Å². The fourth-order valence-electron chi connectivity index (χ4n) is 2.38. The van der Waals surface area contributed by atoms with Gasteiger partial charge in [-0.15, -0.1) is 0 Å². The molecule has 0 bridgehead atoms. The Morgan fingerprint density at radius 2 is 2.20 bits per heavy atom. The number of nitrogens with one attached hydrogen (secondary N) is 1. The zero-order valence-electron chi connectivity index (χ0n) is 9.49. The summed E-state index contributed by atoms with van der Waals surface area (Å²) in [6.45, 7) is 6.13. The summed E-state index contributed by atoms with van der Waals surface area (Å²) in [7, 11) is 0. The molecule has 15 heavy (non-hydrogen) atoms. The molecule has 1 aliphatic heterocycles. The Balaban J connectivity index is 2.00. The first-order valence-electron chi connectivity index (χ1n) is 5.70. The highest BCUT2D eigenvalue weighted by molar-refractivity contribution is 5.67. The van der Waals surface area contributed by atoms with Crippen molar-refractivity contribution >= 4 is 5.97 Å². The van der Waals surface area contributed by atoms with Crippen LogP contribution in [0.1, 0.15) is 33.1 Å². The molecule has 0 aromatic rings. The van der Waals surface area contributed by atoms with Gasteiger partial charge in [0.15, 0.2) is 0 Å². The molecule has 0 spiro atoms. The van der Waals surface area contributed by atoms with Gasteiger partial charge in [0.1, 0.15) is 0 Å². The van der Waals surface area contributed by atoms with Crippen LogP contribution in [0.2, 0.25) is 0 Å². The first-order chi connectivity index (χ1) is 6.98. The lowest BCUT2D eigenvalue weighted by molar-refractivity contribution is -0.139. The Morgan fingerprint density at radius 3 is 2.73 bits per heavy atom. The van der Waals surface area contributed by atoms with E-state index in [1.807, 2.05) is 0 Å². The molecule has 86 valence electrons. The third kappa shape index (κ3) is 2.69. The van der Waals surface area contributed by atoms with E-state index in [2.05, 4.69) is 24.1 Å². The van der Waals surface area contributed by atoms with E-state index in [1.54, 1.807) is 0 Å². The molecule has 0 aromatic carbocycles. The maximum Gasteiger partial charge on any atom is 0.304 e. The number of rotatable bonds is 3. The highest BCUT2D eigenvalue weighted by atomic mass is 16.4. The van der Waals surface area contributed by atoms with E-state index in [9.17, 15) is 4.79 Å². The summed E-state index contributed by atoms with van der Waals surface area (Å²) in [4.78, 5) is 13.2. The number of aliphatic carboxylic acids is 1. The number of carboxylic acid groups (broad SMARTS) is 1. The van der Waals surface area contributed by atoms with Gasteiger partial charge >= 0.3 is 5.97 Å². The summed E-state index contributed by atoms with van der Waals surface area (Å²) >= 11 is 0. The second kappa shape index (κ2) is 3.76. The minimum absolute atomic E-state index is 0.123. The molecule has 0 radical (unpaired) electrons. The summed E-state index contributed by atoms with van der Waals surface area (Å²) in [6.07, 6.45) is 2.75. The van der Waals surface area contributed by atoms with Gasteiger partial charge in [0, 0.05) is 30.7 Å². The zero-order chi connectivity index (χ0) is 11.1. The monoisotopic (exact) mass is 212 g/mol.